The number of unbranched alkanes of at least 4 members (excludes halogenated alkanes) is 34. The average Bonchev–Trinajstić information content (AvgIpc) is 2.41. The van der Waals surface area contributed by atoms with Crippen LogP contribution in [0.4, 0.5) is 0 Å². The van der Waals surface area contributed by atoms with Crippen molar-refractivity contribution in [3.8, 4) is 0 Å². The van der Waals surface area contributed by atoms with Gasteiger partial charge in [0, 0.05) is 25.7 Å². The number of rotatable bonds is 71. The molecule has 0 aromatic rings. The highest BCUT2D eigenvalue weighted by atomic mass is 31.2. The standard InChI is InChI=1S/C74H144O17P2/c1-9-65(6)51-43-35-27-21-16-18-23-29-38-46-54-71(76)84-60-69(90-73(78)56-48-40-30-24-15-13-12-14-20-26-34-42-50-64(4)5)62-88-92(80,81)86-58-68(75)59-87-93(82,83)89-63-70(61-85-72(77)55-47-39-33-32-37-45-53-67(8)11-3)91-74(79)57-49-41-31-25-19-17-22-28-36-44-52-66(7)10-2/h64-70,75H,9-63H2,1-8H3,(H,80,81)(H,82,83)/t65?,66?,67?,68-,69-,70-/m1/s1. The minimum absolute atomic E-state index is 0.105. The third-order valence-electron chi connectivity index (χ3n) is 18.2. The molecule has 0 saturated heterocycles. The van der Waals surface area contributed by atoms with Gasteiger partial charge in [0.1, 0.15) is 19.3 Å². The lowest BCUT2D eigenvalue weighted by Gasteiger charge is -2.21. The summed E-state index contributed by atoms with van der Waals surface area (Å²) in [5, 5.41) is 10.6. The van der Waals surface area contributed by atoms with E-state index in [2.05, 4.69) is 55.4 Å². The van der Waals surface area contributed by atoms with Crippen molar-refractivity contribution in [2.24, 2.45) is 23.7 Å². The third-order valence-corrected chi connectivity index (χ3v) is 20.1. The Morgan fingerprint density at radius 3 is 0.763 bits per heavy atom. The van der Waals surface area contributed by atoms with Gasteiger partial charge in [-0.1, -0.05) is 319 Å². The molecule has 0 bridgehead atoms. The van der Waals surface area contributed by atoms with Crippen molar-refractivity contribution in [3.05, 3.63) is 0 Å². The first-order chi connectivity index (χ1) is 44.7. The Morgan fingerprint density at radius 1 is 0.301 bits per heavy atom. The number of aliphatic hydroxyl groups excluding tert-OH is 1. The maximum atomic E-state index is 13.1. The summed E-state index contributed by atoms with van der Waals surface area (Å²) in [6, 6.07) is 0. The molecule has 93 heavy (non-hydrogen) atoms. The first kappa shape index (κ1) is 91.1. The van der Waals surface area contributed by atoms with Crippen LogP contribution < -0.4 is 0 Å². The average molecular weight is 1370 g/mol. The molecular weight excluding hydrogens is 1220 g/mol. The second kappa shape index (κ2) is 63.5. The number of ether oxygens (including phenoxy) is 4. The fourth-order valence-corrected chi connectivity index (χ4v) is 12.7. The summed E-state index contributed by atoms with van der Waals surface area (Å²) in [7, 11) is -9.91. The predicted molar refractivity (Wildman–Crippen MR) is 377 cm³/mol. The highest BCUT2D eigenvalue weighted by molar-refractivity contribution is 7.47. The summed E-state index contributed by atoms with van der Waals surface area (Å²) < 4.78 is 68.5. The zero-order valence-electron chi connectivity index (χ0n) is 60.9. The van der Waals surface area contributed by atoms with Crippen LogP contribution in [0.5, 0.6) is 0 Å². The van der Waals surface area contributed by atoms with Crippen molar-refractivity contribution in [2.75, 3.05) is 39.6 Å². The van der Waals surface area contributed by atoms with Crippen LogP contribution >= 0.6 is 15.6 Å². The van der Waals surface area contributed by atoms with Crippen molar-refractivity contribution in [1.82, 2.24) is 0 Å². The summed E-state index contributed by atoms with van der Waals surface area (Å²) in [6.07, 6.45) is 47.0. The Morgan fingerprint density at radius 2 is 0.516 bits per heavy atom. The third kappa shape index (κ3) is 64.5. The van der Waals surface area contributed by atoms with Gasteiger partial charge >= 0.3 is 39.5 Å². The summed E-state index contributed by atoms with van der Waals surface area (Å²) in [5.41, 5.74) is 0. The van der Waals surface area contributed by atoms with Gasteiger partial charge in [0.2, 0.25) is 0 Å². The molecule has 0 heterocycles. The molecule has 3 N–H and O–H groups in total. The molecule has 0 radical (unpaired) electrons. The quantitative estimate of drug-likeness (QED) is 0.0222. The summed E-state index contributed by atoms with van der Waals surface area (Å²) in [6.45, 7) is 14.2. The first-order valence-corrected chi connectivity index (χ1v) is 41.3. The van der Waals surface area contributed by atoms with Gasteiger partial charge < -0.3 is 33.8 Å². The van der Waals surface area contributed by atoms with E-state index in [1.54, 1.807) is 0 Å². The van der Waals surface area contributed by atoms with Crippen LogP contribution in [0.1, 0.15) is 370 Å². The van der Waals surface area contributed by atoms with Crippen LogP contribution in [0, 0.1) is 23.7 Å². The van der Waals surface area contributed by atoms with E-state index in [1.165, 1.54) is 167 Å². The van der Waals surface area contributed by atoms with E-state index >= 15 is 0 Å². The Bertz CT molecular complexity index is 1840. The van der Waals surface area contributed by atoms with Gasteiger partial charge in [-0.2, -0.15) is 0 Å². The Hall–Kier alpha value is -1.94. The molecule has 0 aliphatic rings. The number of phosphoric acid groups is 2. The molecule has 8 atom stereocenters. The van der Waals surface area contributed by atoms with E-state index < -0.39 is 97.5 Å². The SMILES string of the molecule is CCC(C)CCCCCCCCCCCCC(=O)OC[C@H](COP(=O)(O)OC[C@@H](O)COP(=O)(O)OC[C@@H](COC(=O)CCCCCCCCC(C)CC)OC(=O)CCCCCCCCCCCCC(C)CC)OC(=O)CCCCCCCCCCCCCCC(C)C. The fourth-order valence-electron chi connectivity index (χ4n) is 11.1. The number of carbonyl (C=O) groups is 4. The molecule has 0 fully saturated rings. The van der Waals surface area contributed by atoms with E-state index in [4.69, 9.17) is 37.0 Å². The fraction of sp³-hybridized carbons (Fsp3) is 0.946. The number of phosphoric ester groups is 2. The zero-order chi connectivity index (χ0) is 68.9. The van der Waals surface area contributed by atoms with Gasteiger partial charge in [0.05, 0.1) is 26.4 Å². The van der Waals surface area contributed by atoms with Gasteiger partial charge in [-0.25, -0.2) is 9.13 Å². The number of hydrogen-bond acceptors (Lipinski definition) is 15. The van der Waals surface area contributed by atoms with E-state index in [-0.39, 0.29) is 25.7 Å². The molecule has 0 aliphatic heterocycles. The lowest BCUT2D eigenvalue weighted by atomic mass is 9.99. The molecule has 0 aromatic carbocycles. The van der Waals surface area contributed by atoms with Crippen LogP contribution in [-0.4, -0.2) is 96.7 Å². The lowest BCUT2D eigenvalue weighted by Crippen LogP contribution is -2.30. The summed E-state index contributed by atoms with van der Waals surface area (Å²) in [4.78, 5) is 72.8. The van der Waals surface area contributed by atoms with E-state index in [0.717, 1.165) is 120 Å². The van der Waals surface area contributed by atoms with Crippen molar-refractivity contribution in [3.63, 3.8) is 0 Å². The van der Waals surface area contributed by atoms with Gasteiger partial charge in [-0.05, 0) is 49.4 Å². The van der Waals surface area contributed by atoms with Crippen LogP contribution in [0.2, 0.25) is 0 Å². The van der Waals surface area contributed by atoms with E-state index in [0.29, 0.717) is 25.7 Å². The number of hydrogen-bond donors (Lipinski definition) is 3. The Labute approximate surface area is 568 Å². The monoisotopic (exact) mass is 1370 g/mol. The van der Waals surface area contributed by atoms with E-state index in [1.807, 2.05) is 0 Å². The van der Waals surface area contributed by atoms with E-state index in [9.17, 15) is 43.2 Å². The van der Waals surface area contributed by atoms with Gasteiger partial charge in [-0.15, -0.1) is 0 Å². The molecule has 552 valence electrons. The Balaban J connectivity index is 5.28. The molecule has 17 nitrogen and oxygen atoms in total. The molecule has 0 saturated carbocycles. The minimum Gasteiger partial charge on any atom is -0.462 e. The molecule has 0 aliphatic carbocycles. The van der Waals surface area contributed by atoms with Crippen molar-refractivity contribution < 1.29 is 80.2 Å². The number of aliphatic hydroxyl groups is 1. The normalized spacial score (nSPS) is 15.1. The van der Waals surface area contributed by atoms with Crippen LogP contribution in [-0.2, 0) is 65.4 Å². The van der Waals surface area contributed by atoms with Crippen LogP contribution in [0.3, 0.4) is 0 Å². The van der Waals surface area contributed by atoms with Gasteiger partial charge in [0.15, 0.2) is 12.2 Å². The molecule has 0 amide bonds. The van der Waals surface area contributed by atoms with Gasteiger partial charge in [-0.3, -0.25) is 37.3 Å². The minimum atomic E-state index is -4.96. The maximum absolute atomic E-state index is 13.1. The van der Waals surface area contributed by atoms with Crippen LogP contribution in [0.15, 0.2) is 0 Å². The first-order valence-electron chi connectivity index (χ1n) is 38.3. The predicted octanol–water partition coefficient (Wildman–Crippen LogP) is 21.3. The van der Waals surface area contributed by atoms with Gasteiger partial charge in [0.25, 0.3) is 0 Å². The lowest BCUT2D eigenvalue weighted by molar-refractivity contribution is -0.161. The molecular formula is C74H144O17P2. The van der Waals surface area contributed by atoms with Crippen molar-refractivity contribution in [2.45, 2.75) is 388 Å². The smallest absolute Gasteiger partial charge is 0.462 e. The maximum Gasteiger partial charge on any atom is 0.472 e. The van der Waals surface area contributed by atoms with Crippen LogP contribution in [0.25, 0.3) is 0 Å². The number of carbonyl (C=O) groups excluding carboxylic acids is 4. The topological polar surface area (TPSA) is 237 Å². The van der Waals surface area contributed by atoms with Crippen molar-refractivity contribution >= 4 is 39.5 Å². The largest absolute Gasteiger partial charge is 0.472 e. The second-order valence-electron chi connectivity index (χ2n) is 27.9. The molecule has 0 aromatic heterocycles. The number of esters is 4. The zero-order valence-corrected chi connectivity index (χ0v) is 62.7. The second-order valence-corrected chi connectivity index (χ2v) is 30.8. The summed E-state index contributed by atoms with van der Waals surface area (Å²) >= 11 is 0. The molecule has 0 rings (SSSR count). The highest BCUT2D eigenvalue weighted by Gasteiger charge is 2.30. The summed E-state index contributed by atoms with van der Waals surface area (Å²) in [5.74, 6) is 0.996. The molecule has 19 heteroatoms. The molecule has 0 spiro atoms. The molecule has 5 unspecified atom stereocenters. The van der Waals surface area contributed by atoms with Crippen molar-refractivity contribution in [1.29, 1.82) is 0 Å². The Kier molecular flexibility index (Phi) is 62.2. The highest BCUT2D eigenvalue weighted by Crippen LogP contribution is 2.45.